The highest BCUT2D eigenvalue weighted by atomic mass is 16.5. The summed E-state index contributed by atoms with van der Waals surface area (Å²) in [5.41, 5.74) is 0. The van der Waals surface area contributed by atoms with Crippen molar-refractivity contribution in [1.29, 1.82) is 0 Å². The number of rotatable bonds is 4. The molecule has 1 aliphatic rings. The molecule has 0 saturated carbocycles. The predicted molar refractivity (Wildman–Crippen MR) is 57.8 cm³/mol. The molecule has 0 aromatic rings. The third-order valence-corrected chi connectivity index (χ3v) is 2.03. The van der Waals surface area contributed by atoms with Crippen LogP contribution in [0.25, 0.3) is 0 Å². The van der Waals surface area contributed by atoms with Crippen molar-refractivity contribution in [2.24, 2.45) is 4.99 Å². The van der Waals surface area contributed by atoms with Crippen LogP contribution in [-0.4, -0.2) is 59.1 Å². The van der Waals surface area contributed by atoms with Crippen LogP contribution >= 0.6 is 0 Å². The van der Waals surface area contributed by atoms with Crippen LogP contribution in [0.2, 0.25) is 0 Å². The lowest BCUT2D eigenvalue weighted by atomic mass is 10.3. The maximum Gasteiger partial charge on any atom is 0.287 e. The summed E-state index contributed by atoms with van der Waals surface area (Å²) >= 11 is 0. The van der Waals surface area contributed by atoms with Gasteiger partial charge in [-0.2, -0.15) is 0 Å². The molecule has 1 rings (SSSR count). The Morgan fingerprint density at radius 1 is 1.40 bits per heavy atom. The Hall–Kier alpha value is -0.810. The van der Waals surface area contributed by atoms with Crippen molar-refractivity contribution < 1.29 is 14.9 Å². The molecule has 2 N–H and O–H groups in total. The zero-order chi connectivity index (χ0) is 11.4. The standard InChI is InChI=1S/C10H20N2O3/c1-7(13)5-12(6-8(2)14)10-11-4-9(3)15-10/h7-9,13-14H,4-6H2,1-3H3. The Labute approximate surface area is 90.4 Å². The van der Waals surface area contributed by atoms with E-state index in [1.807, 2.05) is 6.92 Å². The summed E-state index contributed by atoms with van der Waals surface area (Å²) in [5.74, 6) is 0. The minimum absolute atomic E-state index is 0.0884. The lowest BCUT2D eigenvalue weighted by Gasteiger charge is -2.26. The van der Waals surface area contributed by atoms with Gasteiger partial charge in [0.25, 0.3) is 6.02 Å². The molecule has 88 valence electrons. The van der Waals surface area contributed by atoms with Gasteiger partial charge in [-0.05, 0) is 20.8 Å². The van der Waals surface area contributed by atoms with Crippen molar-refractivity contribution >= 4 is 6.02 Å². The van der Waals surface area contributed by atoms with Crippen molar-refractivity contribution in [3.63, 3.8) is 0 Å². The third-order valence-electron chi connectivity index (χ3n) is 2.03. The van der Waals surface area contributed by atoms with Crippen LogP contribution in [0, 0.1) is 0 Å². The maximum atomic E-state index is 9.33. The van der Waals surface area contributed by atoms with E-state index >= 15 is 0 Å². The molecule has 0 spiro atoms. The molecule has 15 heavy (non-hydrogen) atoms. The Kier molecular flexibility index (Phi) is 4.35. The first-order valence-corrected chi connectivity index (χ1v) is 5.31. The highest BCUT2D eigenvalue weighted by molar-refractivity contribution is 5.75. The Morgan fingerprint density at radius 3 is 2.27 bits per heavy atom. The SMILES string of the molecule is CC(O)CN(CC(C)O)C1=NCC(C)O1. The minimum atomic E-state index is -0.467. The Morgan fingerprint density at radius 2 is 1.93 bits per heavy atom. The molecule has 0 fully saturated rings. The second-order valence-electron chi connectivity index (χ2n) is 4.15. The number of amidine groups is 1. The van der Waals surface area contributed by atoms with Crippen LogP contribution in [0.3, 0.4) is 0 Å². The minimum Gasteiger partial charge on any atom is -0.460 e. The van der Waals surface area contributed by atoms with Crippen LogP contribution < -0.4 is 0 Å². The zero-order valence-electron chi connectivity index (χ0n) is 9.55. The Balaban J connectivity index is 2.55. The van der Waals surface area contributed by atoms with Crippen molar-refractivity contribution in [3.05, 3.63) is 0 Å². The number of aliphatic hydroxyl groups is 2. The molecule has 3 atom stereocenters. The lowest BCUT2D eigenvalue weighted by molar-refractivity contribution is 0.0980. The second kappa shape index (κ2) is 5.32. The fourth-order valence-electron chi connectivity index (χ4n) is 1.50. The van der Waals surface area contributed by atoms with Gasteiger partial charge in [-0.1, -0.05) is 0 Å². The topological polar surface area (TPSA) is 65.3 Å². The lowest BCUT2D eigenvalue weighted by Crippen LogP contribution is -2.41. The number of aliphatic imine (C=N–C) groups is 1. The highest BCUT2D eigenvalue weighted by Crippen LogP contribution is 2.09. The van der Waals surface area contributed by atoms with E-state index in [4.69, 9.17) is 4.74 Å². The smallest absolute Gasteiger partial charge is 0.287 e. The number of ether oxygens (including phenoxy) is 1. The van der Waals surface area contributed by atoms with Gasteiger partial charge < -0.3 is 19.8 Å². The number of hydrogen-bond donors (Lipinski definition) is 2. The molecule has 5 nitrogen and oxygen atoms in total. The summed E-state index contributed by atoms with van der Waals surface area (Å²) in [7, 11) is 0. The van der Waals surface area contributed by atoms with Gasteiger partial charge in [-0.3, -0.25) is 0 Å². The van der Waals surface area contributed by atoms with Crippen molar-refractivity contribution in [3.8, 4) is 0 Å². The maximum absolute atomic E-state index is 9.33. The summed E-state index contributed by atoms with van der Waals surface area (Å²) in [6.45, 7) is 6.85. The molecule has 5 heteroatoms. The molecule has 0 saturated heterocycles. The molecule has 0 amide bonds. The van der Waals surface area contributed by atoms with Crippen LogP contribution in [0.5, 0.6) is 0 Å². The summed E-state index contributed by atoms with van der Waals surface area (Å²) in [4.78, 5) is 6.00. The molecule has 3 unspecified atom stereocenters. The van der Waals surface area contributed by atoms with Gasteiger partial charge in [0, 0.05) is 13.1 Å². The van der Waals surface area contributed by atoms with Gasteiger partial charge in [-0.25, -0.2) is 4.99 Å². The summed E-state index contributed by atoms with van der Waals surface area (Å²) in [6.07, 6.45) is -0.845. The number of hydrogen-bond acceptors (Lipinski definition) is 5. The van der Waals surface area contributed by atoms with Crippen molar-refractivity contribution in [2.75, 3.05) is 19.6 Å². The normalized spacial score (nSPS) is 24.3. The van der Waals surface area contributed by atoms with E-state index in [0.29, 0.717) is 25.7 Å². The first-order valence-electron chi connectivity index (χ1n) is 5.31. The van der Waals surface area contributed by atoms with E-state index in [-0.39, 0.29) is 6.10 Å². The van der Waals surface area contributed by atoms with Crippen molar-refractivity contribution in [2.45, 2.75) is 39.1 Å². The molecule has 1 aliphatic heterocycles. The van der Waals surface area contributed by atoms with E-state index < -0.39 is 12.2 Å². The van der Waals surface area contributed by atoms with E-state index in [0.717, 1.165) is 0 Å². The molecule has 0 aromatic carbocycles. The van der Waals surface area contributed by atoms with Crippen LogP contribution in [0.4, 0.5) is 0 Å². The third kappa shape index (κ3) is 4.05. The molecule has 0 bridgehead atoms. The molecule has 0 aliphatic carbocycles. The van der Waals surface area contributed by atoms with E-state index in [1.165, 1.54) is 0 Å². The number of aliphatic hydroxyl groups excluding tert-OH is 2. The van der Waals surface area contributed by atoms with Gasteiger partial charge >= 0.3 is 0 Å². The predicted octanol–water partition coefficient (Wildman–Crippen LogP) is -0.175. The average molecular weight is 216 g/mol. The average Bonchev–Trinajstić information content (AvgIpc) is 2.48. The fourth-order valence-corrected chi connectivity index (χ4v) is 1.50. The van der Waals surface area contributed by atoms with Gasteiger partial charge in [0.05, 0.1) is 18.8 Å². The van der Waals surface area contributed by atoms with Crippen LogP contribution in [0.15, 0.2) is 4.99 Å². The summed E-state index contributed by atoms with van der Waals surface area (Å²) in [5, 5.41) is 18.7. The van der Waals surface area contributed by atoms with Crippen LogP contribution in [0.1, 0.15) is 20.8 Å². The first kappa shape index (κ1) is 12.3. The van der Waals surface area contributed by atoms with E-state index in [2.05, 4.69) is 4.99 Å². The van der Waals surface area contributed by atoms with Gasteiger partial charge in [-0.15, -0.1) is 0 Å². The van der Waals surface area contributed by atoms with Gasteiger partial charge in [0.1, 0.15) is 6.10 Å². The van der Waals surface area contributed by atoms with Crippen LogP contribution in [-0.2, 0) is 4.74 Å². The van der Waals surface area contributed by atoms with Gasteiger partial charge in [0.15, 0.2) is 0 Å². The van der Waals surface area contributed by atoms with E-state index in [1.54, 1.807) is 18.7 Å². The van der Waals surface area contributed by atoms with Gasteiger partial charge in [0.2, 0.25) is 0 Å². The fraction of sp³-hybridized carbons (Fsp3) is 0.900. The summed E-state index contributed by atoms with van der Waals surface area (Å²) < 4.78 is 5.48. The van der Waals surface area contributed by atoms with E-state index in [9.17, 15) is 10.2 Å². The molecule has 1 heterocycles. The Bertz CT molecular complexity index is 219. The highest BCUT2D eigenvalue weighted by Gasteiger charge is 2.23. The quantitative estimate of drug-likeness (QED) is 0.684. The molecule has 0 aromatic heterocycles. The molecular formula is C10H20N2O3. The molecule has 0 radical (unpaired) electrons. The monoisotopic (exact) mass is 216 g/mol. The van der Waals surface area contributed by atoms with Crippen molar-refractivity contribution in [1.82, 2.24) is 4.90 Å². The second-order valence-corrected chi connectivity index (χ2v) is 4.15. The first-order chi connectivity index (χ1) is 6.99. The largest absolute Gasteiger partial charge is 0.460 e. The summed E-state index contributed by atoms with van der Waals surface area (Å²) in [6, 6.07) is 0.532. The number of nitrogens with zero attached hydrogens (tertiary/aromatic N) is 2. The zero-order valence-corrected chi connectivity index (χ0v) is 9.55. The molecular weight excluding hydrogens is 196 g/mol.